The van der Waals surface area contributed by atoms with Crippen LogP contribution in [0.1, 0.15) is 34.7 Å². The molecule has 10 heteroatoms. The zero-order valence-electron chi connectivity index (χ0n) is 17.2. The molecule has 3 aromatic rings. The minimum atomic E-state index is -3.34. The Labute approximate surface area is 200 Å². The van der Waals surface area contributed by atoms with E-state index in [-0.39, 0.29) is 12.1 Å². The van der Waals surface area contributed by atoms with Gasteiger partial charge in [-0.15, -0.1) is 0 Å². The largest absolute Gasteiger partial charge is 0.362 e. The summed E-state index contributed by atoms with van der Waals surface area (Å²) in [5, 5.41) is 4.05. The standard InChI is InChI=1S/C21H22IN5O2S2/c1-12-17(18(22)13(2)24-12)20-19(16-6-4-5-11-23-16)25-21(30)27(20)15-9-7-14(8-10-15)26-31(3,28)29/h4-11,19-20,24,26H,1-3H3,(H,25,30)/t19-,20-/m0/s1. The number of aryl methyl sites for hydroxylation is 2. The molecule has 1 aromatic carbocycles. The Bertz CT molecular complexity index is 1230. The van der Waals surface area contributed by atoms with Crippen LogP contribution in [-0.4, -0.2) is 29.8 Å². The molecule has 3 heterocycles. The van der Waals surface area contributed by atoms with Crippen molar-refractivity contribution >= 4 is 61.3 Å². The number of nitrogens with zero attached hydrogens (tertiary/aromatic N) is 2. The van der Waals surface area contributed by atoms with E-state index in [1.54, 1.807) is 18.3 Å². The van der Waals surface area contributed by atoms with Gasteiger partial charge in [0.2, 0.25) is 10.0 Å². The molecule has 2 atom stereocenters. The van der Waals surface area contributed by atoms with E-state index in [0.717, 1.165) is 32.6 Å². The van der Waals surface area contributed by atoms with Gasteiger partial charge in [-0.25, -0.2) is 8.42 Å². The van der Waals surface area contributed by atoms with Crippen molar-refractivity contribution in [1.82, 2.24) is 15.3 Å². The first-order chi connectivity index (χ1) is 14.7. The van der Waals surface area contributed by atoms with Gasteiger partial charge in [-0.05, 0) is 85.1 Å². The summed E-state index contributed by atoms with van der Waals surface area (Å²) in [5.41, 5.74) is 5.64. The van der Waals surface area contributed by atoms with E-state index in [4.69, 9.17) is 12.2 Å². The van der Waals surface area contributed by atoms with E-state index in [2.05, 4.69) is 61.3 Å². The van der Waals surface area contributed by atoms with Crippen LogP contribution in [0.4, 0.5) is 11.4 Å². The average Bonchev–Trinajstić information content (AvgIpc) is 3.17. The molecule has 4 rings (SSSR count). The number of halogens is 1. The van der Waals surface area contributed by atoms with Crippen LogP contribution in [0.15, 0.2) is 48.7 Å². The Balaban J connectivity index is 1.81. The third kappa shape index (κ3) is 4.41. The smallest absolute Gasteiger partial charge is 0.229 e. The minimum absolute atomic E-state index is 0.118. The second kappa shape index (κ2) is 8.40. The van der Waals surface area contributed by atoms with Crippen LogP contribution in [0.2, 0.25) is 0 Å². The van der Waals surface area contributed by atoms with E-state index in [9.17, 15) is 8.42 Å². The fraction of sp³-hybridized carbons (Fsp3) is 0.238. The van der Waals surface area contributed by atoms with Gasteiger partial charge in [-0.3, -0.25) is 9.71 Å². The Morgan fingerprint density at radius 2 is 1.84 bits per heavy atom. The zero-order chi connectivity index (χ0) is 22.3. The van der Waals surface area contributed by atoms with Gasteiger partial charge in [-0.2, -0.15) is 0 Å². The lowest BCUT2D eigenvalue weighted by molar-refractivity contribution is 0.564. The maximum atomic E-state index is 11.5. The highest BCUT2D eigenvalue weighted by Gasteiger charge is 2.42. The highest BCUT2D eigenvalue weighted by molar-refractivity contribution is 14.1. The van der Waals surface area contributed by atoms with Crippen LogP contribution in [0.3, 0.4) is 0 Å². The first-order valence-corrected chi connectivity index (χ1v) is 13.0. The Hall–Kier alpha value is -2.18. The molecule has 1 fully saturated rings. The summed E-state index contributed by atoms with van der Waals surface area (Å²) in [6, 6.07) is 12.8. The number of pyridine rings is 1. The van der Waals surface area contributed by atoms with Crippen molar-refractivity contribution in [3.05, 3.63) is 74.9 Å². The summed E-state index contributed by atoms with van der Waals surface area (Å²) < 4.78 is 26.7. The predicted molar refractivity (Wildman–Crippen MR) is 136 cm³/mol. The van der Waals surface area contributed by atoms with Crippen LogP contribution in [0.5, 0.6) is 0 Å². The van der Waals surface area contributed by atoms with Gasteiger partial charge >= 0.3 is 0 Å². The third-order valence-electron chi connectivity index (χ3n) is 5.19. The van der Waals surface area contributed by atoms with Crippen molar-refractivity contribution in [2.75, 3.05) is 15.9 Å². The van der Waals surface area contributed by atoms with Gasteiger partial charge in [0.25, 0.3) is 0 Å². The fourth-order valence-corrected chi connectivity index (χ4v) is 5.72. The average molecular weight is 567 g/mol. The lowest BCUT2D eigenvalue weighted by atomic mass is 9.96. The lowest BCUT2D eigenvalue weighted by Gasteiger charge is -2.28. The molecule has 31 heavy (non-hydrogen) atoms. The maximum Gasteiger partial charge on any atom is 0.229 e. The summed E-state index contributed by atoms with van der Waals surface area (Å²) in [7, 11) is -3.34. The summed E-state index contributed by atoms with van der Waals surface area (Å²) in [6.45, 7) is 4.13. The van der Waals surface area contributed by atoms with Crippen LogP contribution >= 0.6 is 34.8 Å². The van der Waals surface area contributed by atoms with Crippen LogP contribution in [0.25, 0.3) is 0 Å². The molecular formula is C21H22IN5O2S2. The topological polar surface area (TPSA) is 90.1 Å². The predicted octanol–water partition coefficient (Wildman–Crippen LogP) is 4.18. The highest BCUT2D eigenvalue weighted by atomic mass is 127. The molecule has 1 aliphatic rings. The normalized spacial score (nSPS) is 18.8. The molecule has 7 nitrogen and oxygen atoms in total. The van der Waals surface area contributed by atoms with Gasteiger partial charge in [0.1, 0.15) is 0 Å². The Morgan fingerprint density at radius 1 is 1.13 bits per heavy atom. The number of rotatable bonds is 5. The summed E-state index contributed by atoms with van der Waals surface area (Å²) in [6.07, 6.45) is 2.92. The molecule has 0 aliphatic carbocycles. The molecule has 3 N–H and O–H groups in total. The van der Waals surface area contributed by atoms with E-state index < -0.39 is 10.0 Å². The van der Waals surface area contributed by atoms with Crippen molar-refractivity contribution in [3.8, 4) is 0 Å². The van der Waals surface area contributed by atoms with Gasteiger partial charge in [-0.1, -0.05) is 6.07 Å². The number of sulfonamides is 1. The Kier molecular flexibility index (Phi) is 5.97. The van der Waals surface area contributed by atoms with Gasteiger partial charge in [0.05, 0.1) is 24.0 Å². The Morgan fingerprint density at radius 3 is 2.39 bits per heavy atom. The lowest BCUT2D eigenvalue weighted by Crippen LogP contribution is -2.29. The first-order valence-electron chi connectivity index (χ1n) is 9.59. The van der Waals surface area contributed by atoms with E-state index >= 15 is 0 Å². The van der Waals surface area contributed by atoms with Crippen LogP contribution < -0.4 is 14.9 Å². The number of aromatic amines is 1. The number of thiocarbonyl (C=S) groups is 1. The molecule has 0 spiro atoms. The third-order valence-corrected chi connectivity index (χ3v) is 7.50. The summed E-state index contributed by atoms with van der Waals surface area (Å²) in [4.78, 5) is 10.1. The molecule has 1 saturated heterocycles. The van der Waals surface area contributed by atoms with Crippen molar-refractivity contribution < 1.29 is 8.42 Å². The molecule has 0 saturated carbocycles. The number of hydrogen-bond donors (Lipinski definition) is 3. The summed E-state index contributed by atoms with van der Waals surface area (Å²) in [5.74, 6) is 0. The second-order valence-corrected chi connectivity index (χ2v) is 10.7. The van der Waals surface area contributed by atoms with Crippen molar-refractivity contribution in [2.45, 2.75) is 25.9 Å². The van der Waals surface area contributed by atoms with Crippen LogP contribution in [-0.2, 0) is 10.0 Å². The maximum absolute atomic E-state index is 11.5. The first kappa shape index (κ1) is 22.0. The van der Waals surface area contributed by atoms with Gasteiger partial charge in [0, 0.05) is 38.1 Å². The number of benzene rings is 1. The highest BCUT2D eigenvalue weighted by Crippen LogP contribution is 2.44. The monoisotopic (exact) mass is 567 g/mol. The number of H-pyrrole nitrogens is 1. The number of hydrogen-bond acceptors (Lipinski definition) is 4. The molecule has 1 aliphatic heterocycles. The zero-order valence-corrected chi connectivity index (χ0v) is 21.0. The quantitative estimate of drug-likeness (QED) is 0.317. The molecule has 0 radical (unpaired) electrons. The molecular weight excluding hydrogens is 545 g/mol. The number of anilines is 2. The molecule has 162 valence electrons. The fourth-order valence-electron chi connectivity index (χ4n) is 3.95. The van der Waals surface area contributed by atoms with E-state index in [1.807, 2.05) is 30.3 Å². The number of nitrogens with one attached hydrogen (secondary N) is 3. The van der Waals surface area contributed by atoms with Gasteiger partial charge < -0.3 is 15.2 Å². The second-order valence-electron chi connectivity index (χ2n) is 7.52. The van der Waals surface area contributed by atoms with Crippen molar-refractivity contribution in [1.29, 1.82) is 0 Å². The minimum Gasteiger partial charge on any atom is -0.362 e. The molecule has 0 bridgehead atoms. The van der Waals surface area contributed by atoms with Gasteiger partial charge in [0.15, 0.2) is 5.11 Å². The van der Waals surface area contributed by atoms with E-state index in [0.29, 0.717) is 10.8 Å². The summed E-state index contributed by atoms with van der Waals surface area (Å²) >= 11 is 8.13. The molecule has 0 unspecified atom stereocenters. The molecule has 2 aromatic heterocycles. The van der Waals surface area contributed by atoms with Crippen LogP contribution in [0, 0.1) is 17.4 Å². The van der Waals surface area contributed by atoms with Crippen molar-refractivity contribution in [3.63, 3.8) is 0 Å². The van der Waals surface area contributed by atoms with E-state index in [1.165, 1.54) is 5.56 Å². The SMILES string of the molecule is Cc1[nH]c(C)c([C@H]2[C@H](c3ccccn3)NC(=S)N2c2ccc(NS(C)(=O)=O)cc2)c1I. The molecule has 0 amide bonds. The number of aromatic nitrogens is 2. The van der Waals surface area contributed by atoms with Crippen molar-refractivity contribution in [2.24, 2.45) is 0 Å².